The molecule has 6 heteroatoms. The number of carbonyl (C=O) groups excluding carboxylic acids is 1. The van der Waals surface area contributed by atoms with Gasteiger partial charge in [0, 0.05) is 12.6 Å². The lowest BCUT2D eigenvalue weighted by atomic mass is 10.2. The highest BCUT2D eigenvalue weighted by Gasteiger charge is 2.11. The summed E-state index contributed by atoms with van der Waals surface area (Å²) in [5.41, 5.74) is 0.688. The molecular formula is C11H14ClNO4. The van der Waals surface area contributed by atoms with E-state index in [9.17, 15) is 4.79 Å². The average molecular weight is 260 g/mol. The third-order valence-electron chi connectivity index (χ3n) is 2.15. The van der Waals surface area contributed by atoms with E-state index in [1.807, 2.05) is 0 Å². The van der Waals surface area contributed by atoms with Crippen molar-refractivity contribution in [1.29, 1.82) is 0 Å². The number of methoxy groups -OCH3 is 3. The van der Waals surface area contributed by atoms with E-state index in [-0.39, 0.29) is 6.54 Å². The molecule has 17 heavy (non-hydrogen) atoms. The van der Waals surface area contributed by atoms with Crippen molar-refractivity contribution in [1.82, 2.24) is 5.32 Å². The fraction of sp³-hybridized carbons (Fsp3) is 0.364. The summed E-state index contributed by atoms with van der Waals surface area (Å²) in [4.78, 5) is 11.0. The van der Waals surface area contributed by atoms with Crippen molar-refractivity contribution in [2.75, 3.05) is 21.3 Å². The van der Waals surface area contributed by atoms with Crippen molar-refractivity contribution in [2.24, 2.45) is 0 Å². The molecule has 1 rings (SSSR count). The molecule has 0 aliphatic heterocycles. The molecule has 0 heterocycles. The summed E-state index contributed by atoms with van der Waals surface area (Å²) in [6, 6.07) is 3.39. The minimum Gasteiger partial charge on any atom is -0.497 e. The first kappa shape index (κ1) is 13.4. The van der Waals surface area contributed by atoms with Gasteiger partial charge in [0.05, 0.1) is 26.4 Å². The van der Waals surface area contributed by atoms with E-state index in [1.54, 1.807) is 19.2 Å². The summed E-state index contributed by atoms with van der Waals surface area (Å²) >= 11 is 6.09. The Labute approximate surface area is 105 Å². The predicted octanol–water partition coefficient (Wildman–Crippen LogP) is 2.21. The lowest BCUT2D eigenvalue weighted by Gasteiger charge is -2.11. The van der Waals surface area contributed by atoms with E-state index >= 15 is 0 Å². The first-order valence-electron chi connectivity index (χ1n) is 4.84. The monoisotopic (exact) mass is 259 g/mol. The van der Waals surface area contributed by atoms with E-state index in [0.717, 1.165) is 0 Å². The number of halogens is 1. The van der Waals surface area contributed by atoms with Crippen LogP contribution < -0.4 is 14.8 Å². The number of nitrogens with one attached hydrogen (secondary N) is 1. The molecule has 0 saturated carbocycles. The van der Waals surface area contributed by atoms with E-state index < -0.39 is 6.09 Å². The van der Waals surface area contributed by atoms with Gasteiger partial charge in [-0.3, -0.25) is 0 Å². The lowest BCUT2D eigenvalue weighted by molar-refractivity contribution is 0.170. The van der Waals surface area contributed by atoms with Crippen molar-refractivity contribution in [3.8, 4) is 11.5 Å². The van der Waals surface area contributed by atoms with Crippen LogP contribution >= 0.6 is 11.6 Å². The second-order valence-corrected chi connectivity index (χ2v) is 3.53. The van der Waals surface area contributed by atoms with Crippen molar-refractivity contribution in [3.05, 3.63) is 22.7 Å². The highest BCUT2D eigenvalue weighted by Crippen LogP contribution is 2.32. The molecule has 0 radical (unpaired) electrons. The molecule has 0 unspecified atom stereocenters. The Morgan fingerprint density at radius 2 is 2.00 bits per heavy atom. The minimum atomic E-state index is -0.525. The molecule has 0 fully saturated rings. The molecule has 0 bridgehead atoms. The Hall–Kier alpha value is -1.62. The topological polar surface area (TPSA) is 56.8 Å². The van der Waals surface area contributed by atoms with Crippen LogP contribution in [0.15, 0.2) is 12.1 Å². The van der Waals surface area contributed by atoms with Crippen LogP contribution in [0, 0.1) is 0 Å². The largest absolute Gasteiger partial charge is 0.497 e. The van der Waals surface area contributed by atoms with Crippen molar-refractivity contribution in [3.63, 3.8) is 0 Å². The summed E-state index contributed by atoms with van der Waals surface area (Å²) in [5, 5.41) is 2.97. The van der Waals surface area contributed by atoms with Crippen molar-refractivity contribution in [2.45, 2.75) is 6.54 Å². The number of hydrogen-bond acceptors (Lipinski definition) is 4. The molecule has 5 nitrogen and oxygen atoms in total. The molecule has 94 valence electrons. The first-order valence-corrected chi connectivity index (χ1v) is 5.22. The SMILES string of the molecule is COC(=O)NCc1cc(OC)cc(OC)c1Cl. The maximum Gasteiger partial charge on any atom is 0.407 e. The van der Waals surface area contributed by atoms with Crippen LogP contribution in [0.5, 0.6) is 11.5 Å². The number of hydrogen-bond donors (Lipinski definition) is 1. The van der Waals surface area contributed by atoms with E-state index in [0.29, 0.717) is 22.1 Å². The maximum atomic E-state index is 11.0. The molecule has 0 aliphatic rings. The Balaban J connectivity index is 2.93. The number of amides is 1. The standard InChI is InChI=1S/C11H14ClNO4/c1-15-8-4-7(6-13-11(14)17-3)10(12)9(5-8)16-2/h4-5H,6H2,1-3H3,(H,13,14). The van der Waals surface area contributed by atoms with Gasteiger partial charge in [-0.15, -0.1) is 0 Å². The summed E-state index contributed by atoms with van der Waals surface area (Å²) in [6.07, 6.45) is -0.525. The summed E-state index contributed by atoms with van der Waals surface area (Å²) in [7, 11) is 4.35. The molecular weight excluding hydrogens is 246 g/mol. The summed E-state index contributed by atoms with van der Waals surface area (Å²) in [6.45, 7) is 0.235. The van der Waals surface area contributed by atoms with E-state index in [4.69, 9.17) is 21.1 Å². The fourth-order valence-corrected chi connectivity index (χ4v) is 1.52. The molecule has 1 aromatic carbocycles. The third kappa shape index (κ3) is 3.42. The molecule has 0 aliphatic carbocycles. The van der Waals surface area contributed by atoms with Crippen LogP contribution in [0.2, 0.25) is 5.02 Å². The number of carbonyl (C=O) groups is 1. The highest BCUT2D eigenvalue weighted by atomic mass is 35.5. The van der Waals surface area contributed by atoms with Crippen molar-refractivity contribution < 1.29 is 19.0 Å². The number of rotatable bonds is 4. The molecule has 0 spiro atoms. The molecule has 1 aromatic rings. The Kier molecular flexibility index (Phi) is 4.90. The second-order valence-electron chi connectivity index (χ2n) is 3.15. The normalized spacial score (nSPS) is 9.65. The van der Waals surface area contributed by atoms with Gasteiger partial charge in [0.2, 0.25) is 0 Å². The van der Waals surface area contributed by atoms with Crippen LogP contribution in [0.4, 0.5) is 4.79 Å². The van der Waals surface area contributed by atoms with Gasteiger partial charge in [-0.25, -0.2) is 4.79 Å². The first-order chi connectivity index (χ1) is 8.12. The number of alkyl carbamates (subject to hydrolysis) is 1. The predicted molar refractivity (Wildman–Crippen MR) is 63.8 cm³/mol. The van der Waals surface area contributed by atoms with Gasteiger partial charge < -0.3 is 19.5 Å². The average Bonchev–Trinajstić information content (AvgIpc) is 2.37. The van der Waals surface area contributed by atoms with Crippen LogP contribution in [0.1, 0.15) is 5.56 Å². The summed E-state index contributed by atoms with van der Waals surface area (Å²) in [5.74, 6) is 1.10. The van der Waals surface area contributed by atoms with Crippen LogP contribution in [-0.2, 0) is 11.3 Å². The van der Waals surface area contributed by atoms with Gasteiger partial charge in [-0.05, 0) is 11.6 Å². The Morgan fingerprint density at radius 3 is 2.53 bits per heavy atom. The number of benzene rings is 1. The van der Waals surface area contributed by atoms with Gasteiger partial charge in [-0.2, -0.15) is 0 Å². The highest BCUT2D eigenvalue weighted by molar-refractivity contribution is 6.32. The van der Waals surface area contributed by atoms with Gasteiger partial charge >= 0.3 is 6.09 Å². The molecule has 0 saturated heterocycles. The molecule has 1 N–H and O–H groups in total. The number of ether oxygens (including phenoxy) is 3. The zero-order chi connectivity index (χ0) is 12.8. The minimum absolute atomic E-state index is 0.235. The zero-order valence-electron chi connectivity index (χ0n) is 9.87. The molecule has 1 amide bonds. The van der Waals surface area contributed by atoms with Crippen molar-refractivity contribution >= 4 is 17.7 Å². The smallest absolute Gasteiger partial charge is 0.407 e. The van der Waals surface area contributed by atoms with E-state index in [1.165, 1.54) is 14.2 Å². The quantitative estimate of drug-likeness (QED) is 0.901. The van der Waals surface area contributed by atoms with Gasteiger partial charge in [0.25, 0.3) is 0 Å². The second kappa shape index (κ2) is 6.20. The van der Waals surface area contributed by atoms with Gasteiger partial charge in [-0.1, -0.05) is 11.6 Å². The van der Waals surface area contributed by atoms with E-state index in [2.05, 4.69) is 10.1 Å². The van der Waals surface area contributed by atoms with Gasteiger partial charge in [0.1, 0.15) is 11.5 Å². The Morgan fingerprint density at radius 1 is 1.29 bits per heavy atom. The molecule has 0 aromatic heterocycles. The summed E-state index contributed by atoms with van der Waals surface area (Å²) < 4.78 is 14.7. The van der Waals surface area contributed by atoms with Gasteiger partial charge in [0.15, 0.2) is 0 Å². The van der Waals surface area contributed by atoms with Crippen LogP contribution in [0.25, 0.3) is 0 Å². The lowest BCUT2D eigenvalue weighted by Crippen LogP contribution is -2.22. The fourth-order valence-electron chi connectivity index (χ4n) is 1.26. The zero-order valence-corrected chi connectivity index (χ0v) is 10.6. The third-order valence-corrected chi connectivity index (χ3v) is 2.58. The molecule has 0 atom stereocenters. The Bertz CT molecular complexity index is 409. The van der Waals surface area contributed by atoms with Crippen LogP contribution in [0.3, 0.4) is 0 Å². The van der Waals surface area contributed by atoms with Crippen LogP contribution in [-0.4, -0.2) is 27.4 Å². The maximum absolute atomic E-state index is 11.0.